The molecule has 90 valence electrons. The van der Waals surface area contributed by atoms with Gasteiger partial charge in [0.05, 0.1) is 19.3 Å². The van der Waals surface area contributed by atoms with Crippen LogP contribution in [0.1, 0.15) is 40.5 Å². The normalized spacial score (nSPS) is 43.4. The Bertz CT molecular complexity index is 170. The Morgan fingerprint density at radius 2 is 1.53 bits per heavy atom. The van der Waals surface area contributed by atoms with E-state index in [2.05, 4.69) is 19.3 Å². The molecule has 2 rings (SSSR count). The Morgan fingerprint density at radius 1 is 1.07 bits per heavy atom. The van der Waals surface area contributed by atoms with Gasteiger partial charge in [0.1, 0.15) is 0 Å². The average molecular weight is 215 g/mol. The van der Waals surface area contributed by atoms with Gasteiger partial charge >= 0.3 is 0 Å². The summed E-state index contributed by atoms with van der Waals surface area (Å²) in [7, 11) is 1.69. The largest absolute Gasteiger partial charge is 0.374 e. The minimum atomic E-state index is 0.453. The Kier molecular flexibility index (Phi) is 5.03. The molecule has 2 fully saturated rings. The first-order valence-electron chi connectivity index (χ1n) is 6.18. The molecule has 2 aliphatic rings. The van der Waals surface area contributed by atoms with Gasteiger partial charge in [-0.15, -0.1) is 0 Å². The molecule has 0 radical (unpaired) electrons. The fraction of sp³-hybridized carbons (Fsp3) is 1.00. The summed E-state index contributed by atoms with van der Waals surface area (Å²) in [4.78, 5) is 5.04. The first-order chi connectivity index (χ1) is 7.24. The third kappa shape index (κ3) is 2.52. The molecule has 1 N–H and O–H groups in total. The molecular weight excluding hydrogens is 190 g/mol. The summed E-state index contributed by atoms with van der Waals surface area (Å²) < 4.78 is 5.90. The summed E-state index contributed by atoms with van der Waals surface area (Å²) in [6.07, 6.45) is 3.35. The number of ether oxygens (including phenoxy) is 1. The number of fused-ring (bicyclic) bond motifs is 2. The molecule has 0 spiro atoms. The van der Waals surface area contributed by atoms with Crippen molar-refractivity contribution < 1.29 is 9.57 Å². The third-order valence-electron chi connectivity index (χ3n) is 3.64. The molecule has 0 saturated carbocycles. The van der Waals surface area contributed by atoms with E-state index in [0.717, 1.165) is 0 Å². The molecule has 15 heavy (non-hydrogen) atoms. The second-order valence-electron chi connectivity index (χ2n) is 4.36. The van der Waals surface area contributed by atoms with Crippen LogP contribution in [0.3, 0.4) is 0 Å². The second kappa shape index (κ2) is 5.83. The van der Waals surface area contributed by atoms with Crippen molar-refractivity contribution in [1.82, 2.24) is 5.48 Å². The lowest BCUT2D eigenvalue weighted by Crippen LogP contribution is -2.51. The van der Waals surface area contributed by atoms with Crippen LogP contribution in [0.4, 0.5) is 0 Å². The highest BCUT2D eigenvalue weighted by Gasteiger charge is 2.45. The summed E-state index contributed by atoms with van der Waals surface area (Å²) in [5.74, 6) is 1.13. The van der Waals surface area contributed by atoms with E-state index in [1.165, 1.54) is 12.8 Å². The number of hydrogen-bond donors (Lipinski definition) is 1. The van der Waals surface area contributed by atoms with Gasteiger partial charge in [0.15, 0.2) is 0 Å². The highest BCUT2D eigenvalue weighted by atomic mass is 16.6. The Balaban J connectivity index is 0.000000531. The quantitative estimate of drug-likeness (QED) is 0.717. The van der Waals surface area contributed by atoms with Crippen molar-refractivity contribution in [2.45, 2.75) is 58.8 Å². The number of hydroxylamine groups is 1. The first-order valence-corrected chi connectivity index (χ1v) is 6.18. The SMILES string of the molecule is CC.CONC1[C@@H](C)[C@H]2CC[C@H](O2)[C@H]1C. The van der Waals surface area contributed by atoms with Crippen LogP contribution in [0.5, 0.6) is 0 Å². The molecule has 3 nitrogen and oxygen atoms in total. The van der Waals surface area contributed by atoms with Crippen LogP contribution in [0.2, 0.25) is 0 Å². The van der Waals surface area contributed by atoms with E-state index in [4.69, 9.17) is 9.57 Å². The molecule has 2 saturated heterocycles. The molecule has 0 aromatic carbocycles. The minimum absolute atomic E-state index is 0.453. The molecule has 0 aromatic heterocycles. The lowest BCUT2D eigenvalue weighted by Gasteiger charge is -2.39. The zero-order valence-corrected chi connectivity index (χ0v) is 10.6. The average Bonchev–Trinajstić information content (AvgIpc) is 2.72. The fourth-order valence-corrected chi connectivity index (χ4v) is 2.75. The van der Waals surface area contributed by atoms with Crippen LogP contribution in [0, 0.1) is 11.8 Å². The van der Waals surface area contributed by atoms with Crippen molar-refractivity contribution >= 4 is 0 Å². The molecule has 2 heterocycles. The van der Waals surface area contributed by atoms with Gasteiger partial charge in [-0.05, 0) is 12.8 Å². The smallest absolute Gasteiger partial charge is 0.0621 e. The molecule has 0 aliphatic carbocycles. The van der Waals surface area contributed by atoms with Crippen molar-refractivity contribution in [1.29, 1.82) is 0 Å². The van der Waals surface area contributed by atoms with E-state index in [1.807, 2.05) is 13.8 Å². The van der Waals surface area contributed by atoms with Gasteiger partial charge in [-0.1, -0.05) is 27.7 Å². The van der Waals surface area contributed by atoms with Gasteiger partial charge < -0.3 is 9.57 Å². The van der Waals surface area contributed by atoms with E-state index in [-0.39, 0.29) is 0 Å². The fourth-order valence-electron chi connectivity index (χ4n) is 2.75. The maximum Gasteiger partial charge on any atom is 0.0621 e. The summed E-state index contributed by atoms with van der Waals surface area (Å²) >= 11 is 0. The van der Waals surface area contributed by atoms with E-state index in [1.54, 1.807) is 7.11 Å². The summed E-state index contributed by atoms with van der Waals surface area (Å²) in [6, 6.07) is 0.455. The standard InChI is InChI=1S/C10H19NO2.C2H6/c1-6-8-4-5-9(13-8)7(2)10(6)11-12-3;1-2/h6-11H,4-5H2,1-3H3;1-2H3/t6-,7+,8+,9-,10?;. The van der Waals surface area contributed by atoms with Crippen molar-refractivity contribution in [3.05, 3.63) is 0 Å². The van der Waals surface area contributed by atoms with Gasteiger partial charge in [0.25, 0.3) is 0 Å². The molecular formula is C12H25NO2. The molecule has 0 aromatic rings. The van der Waals surface area contributed by atoms with Crippen LogP contribution < -0.4 is 5.48 Å². The lowest BCUT2D eigenvalue weighted by molar-refractivity contribution is -0.108. The highest BCUT2D eigenvalue weighted by Crippen LogP contribution is 2.39. The predicted octanol–water partition coefficient (Wildman–Crippen LogP) is 2.37. The second-order valence-corrected chi connectivity index (χ2v) is 4.36. The first kappa shape index (κ1) is 12.9. The van der Waals surface area contributed by atoms with E-state index >= 15 is 0 Å². The van der Waals surface area contributed by atoms with Crippen molar-refractivity contribution in [3.8, 4) is 0 Å². The van der Waals surface area contributed by atoms with Crippen LogP contribution in [0.15, 0.2) is 0 Å². The van der Waals surface area contributed by atoms with Crippen LogP contribution in [-0.2, 0) is 9.57 Å². The zero-order valence-electron chi connectivity index (χ0n) is 10.6. The summed E-state index contributed by atoms with van der Waals surface area (Å²) in [5.41, 5.74) is 3.10. The van der Waals surface area contributed by atoms with Crippen LogP contribution in [0.25, 0.3) is 0 Å². The van der Waals surface area contributed by atoms with Crippen molar-refractivity contribution in [2.24, 2.45) is 11.8 Å². The van der Waals surface area contributed by atoms with E-state index in [9.17, 15) is 0 Å². The van der Waals surface area contributed by atoms with Gasteiger partial charge in [0, 0.05) is 17.9 Å². The molecule has 2 aliphatic heterocycles. The highest BCUT2D eigenvalue weighted by molar-refractivity contribution is 4.95. The zero-order chi connectivity index (χ0) is 11.4. The van der Waals surface area contributed by atoms with Crippen molar-refractivity contribution in [3.63, 3.8) is 0 Å². The number of hydrogen-bond acceptors (Lipinski definition) is 3. The van der Waals surface area contributed by atoms with E-state index < -0.39 is 0 Å². The monoisotopic (exact) mass is 215 g/mol. The van der Waals surface area contributed by atoms with Crippen LogP contribution in [-0.4, -0.2) is 25.4 Å². The maximum absolute atomic E-state index is 5.90. The molecule has 2 bridgehead atoms. The topological polar surface area (TPSA) is 30.5 Å². The van der Waals surface area contributed by atoms with Gasteiger partial charge in [-0.2, -0.15) is 5.48 Å². The van der Waals surface area contributed by atoms with Crippen LogP contribution >= 0.6 is 0 Å². The molecule has 1 unspecified atom stereocenters. The summed E-state index contributed by atoms with van der Waals surface area (Å²) in [5, 5.41) is 0. The van der Waals surface area contributed by atoms with Gasteiger partial charge in [-0.25, -0.2) is 0 Å². The Labute approximate surface area is 93.5 Å². The Hall–Kier alpha value is -0.120. The van der Waals surface area contributed by atoms with Gasteiger partial charge in [0.2, 0.25) is 0 Å². The third-order valence-corrected chi connectivity index (χ3v) is 3.64. The van der Waals surface area contributed by atoms with E-state index in [0.29, 0.717) is 30.1 Å². The van der Waals surface area contributed by atoms with Gasteiger partial charge in [-0.3, -0.25) is 0 Å². The number of rotatable bonds is 2. The lowest BCUT2D eigenvalue weighted by atomic mass is 9.85. The van der Waals surface area contributed by atoms with Crippen molar-refractivity contribution in [2.75, 3.05) is 7.11 Å². The maximum atomic E-state index is 5.90. The molecule has 0 amide bonds. The Morgan fingerprint density at radius 3 is 1.93 bits per heavy atom. The minimum Gasteiger partial charge on any atom is -0.374 e. The molecule has 5 atom stereocenters. The predicted molar refractivity (Wildman–Crippen MR) is 61.5 cm³/mol. The molecule has 3 heteroatoms. The summed E-state index contributed by atoms with van der Waals surface area (Å²) in [6.45, 7) is 8.50. The number of nitrogens with one attached hydrogen (secondary N) is 1.